The minimum atomic E-state index is 0.894. The lowest BCUT2D eigenvalue weighted by atomic mass is 10.0. The van der Waals surface area contributed by atoms with E-state index < -0.39 is 0 Å². The molecule has 20 heavy (non-hydrogen) atoms. The number of imidazole rings is 1. The van der Waals surface area contributed by atoms with E-state index in [9.17, 15) is 0 Å². The molecule has 100 valence electrons. The van der Waals surface area contributed by atoms with Crippen LogP contribution in [0.3, 0.4) is 0 Å². The summed E-state index contributed by atoms with van der Waals surface area (Å²) in [6.45, 7) is 6.19. The molecular weight excluding hydrogens is 246 g/mol. The molecule has 0 radical (unpaired) electrons. The Hall–Kier alpha value is -2.42. The molecule has 0 spiro atoms. The maximum atomic E-state index is 4.60. The van der Waals surface area contributed by atoms with Crippen molar-refractivity contribution in [2.45, 2.75) is 20.8 Å². The first-order valence-corrected chi connectivity index (χ1v) is 6.70. The van der Waals surface area contributed by atoms with Crippen LogP contribution in [0.4, 0.5) is 0 Å². The summed E-state index contributed by atoms with van der Waals surface area (Å²) in [5.74, 6) is 0.903. The number of H-pyrrole nitrogens is 1. The third-order valence-electron chi connectivity index (χ3n) is 3.24. The van der Waals surface area contributed by atoms with Gasteiger partial charge in [0.25, 0.3) is 0 Å². The molecule has 3 aromatic rings. The summed E-state index contributed by atoms with van der Waals surface area (Å²) >= 11 is 0. The van der Waals surface area contributed by atoms with Gasteiger partial charge in [0, 0.05) is 11.8 Å². The molecule has 0 aliphatic heterocycles. The van der Waals surface area contributed by atoms with Gasteiger partial charge in [0.1, 0.15) is 11.5 Å². The maximum absolute atomic E-state index is 4.60. The minimum absolute atomic E-state index is 0.894. The van der Waals surface area contributed by atoms with Gasteiger partial charge >= 0.3 is 0 Å². The molecule has 2 aromatic heterocycles. The Labute approximate surface area is 118 Å². The number of aryl methyl sites for hydroxylation is 3. The molecule has 0 fully saturated rings. The number of hydrogen-bond donors (Lipinski definition) is 1. The van der Waals surface area contributed by atoms with Crippen LogP contribution in [0.15, 0.2) is 42.6 Å². The number of pyridine rings is 1. The van der Waals surface area contributed by atoms with Crippen LogP contribution in [0.25, 0.3) is 22.6 Å². The molecule has 0 aliphatic rings. The Kier molecular flexibility index (Phi) is 3.11. The van der Waals surface area contributed by atoms with Gasteiger partial charge in [0.2, 0.25) is 0 Å². The van der Waals surface area contributed by atoms with Crippen LogP contribution in [0.5, 0.6) is 0 Å². The van der Waals surface area contributed by atoms with Crippen LogP contribution in [-0.4, -0.2) is 15.0 Å². The predicted octanol–water partition coefficient (Wildman–Crippen LogP) is 4.06. The van der Waals surface area contributed by atoms with E-state index in [-0.39, 0.29) is 0 Å². The zero-order valence-electron chi connectivity index (χ0n) is 11.9. The molecule has 2 heterocycles. The van der Waals surface area contributed by atoms with Gasteiger partial charge < -0.3 is 4.98 Å². The second kappa shape index (κ2) is 4.93. The van der Waals surface area contributed by atoms with Gasteiger partial charge in [-0.3, -0.25) is 4.98 Å². The number of aromatic nitrogens is 3. The Morgan fingerprint density at radius 2 is 1.70 bits per heavy atom. The number of rotatable bonds is 2. The summed E-state index contributed by atoms with van der Waals surface area (Å²) in [6, 6.07) is 12.4. The van der Waals surface area contributed by atoms with Crippen molar-refractivity contribution < 1.29 is 0 Å². The molecule has 1 aromatic carbocycles. The average Bonchev–Trinajstić information content (AvgIpc) is 2.81. The van der Waals surface area contributed by atoms with Crippen LogP contribution in [0.2, 0.25) is 0 Å². The Morgan fingerprint density at radius 3 is 2.35 bits per heavy atom. The van der Waals surface area contributed by atoms with Crippen molar-refractivity contribution >= 4 is 0 Å². The SMILES string of the molecule is Cc1cc(C)cc(-c2[nH]c(C)nc2-c2ccccn2)c1. The fraction of sp³-hybridized carbons (Fsp3) is 0.176. The second-order valence-electron chi connectivity index (χ2n) is 5.14. The molecule has 0 saturated carbocycles. The standard InChI is InChI=1S/C17H17N3/c1-11-8-12(2)10-14(9-11)16-17(20-13(3)19-16)15-6-4-5-7-18-15/h4-10H,1-3H3,(H,19,20). The zero-order chi connectivity index (χ0) is 14.1. The fourth-order valence-corrected chi connectivity index (χ4v) is 2.51. The van der Waals surface area contributed by atoms with Crippen molar-refractivity contribution in [3.8, 4) is 22.6 Å². The number of nitrogens with one attached hydrogen (secondary N) is 1. The van der Waals surface area contributed by atoms with E-state index in [2.05, 4.69) is 47.0 Å². The smallest absolute Gasteiger partial charge is 0.115 e. The quantitative estimate of drug-likeness (QED) is 0.757. The first-order valence-electron chi connectivity index (χ1n) is 6.70. The Morgan fingerprint density at radius 1 is 0.950 bits per heavy atom. The molecule has 0 amide bonds. The number of nitrogens with zero attached hydrogens (tertiary/aromatic N) is 2. The lowest BCUT2D eigenvalue weighted by molar-refractivity contribution is 1.15. The molecule has 1 N–H and O–H groups in total. The van der Waals surface area contributed by atoms with Crippen LogP contribution in [0.1, 0.15) is 17.0 Å². The first kappa shape index (κ1) is 12.6. The Balaban J connectivity index is 2.19. The van der Waals surface area contributed by atoms with Crippen molar-refractivity contribution in [2.75, 3.05) is 0 Å². The molecular formula is C17H17N3. The van der Waals surface area contributed by atoms with Crippen molar-refractivity contribution in [3.63, 3.8) is 0 Å². The summed E-state index contributed by atoms with van der Waals surface area (Å²) in [6.07, 6.45) is 1.80. The highest BCUT2D eigenvalue weighted by Gasteiger charge is 2.13. The highest BCUT2D eigenvalue weighted by atomic mass is 14.9. The van der Waals surface area contributed by atoms with E-state index in [1.807, 2.05) is 25.1 Å². The normalized spacial score (nSPS) is 10.8. The van der Waals surface area contributed by atoms with Gasteiger partial charge in [-0.25, -0.2) is 4.98 Å². The first-order chi connectivity index (χ1) is 9.63. The number of benzene rings is 1. The molecule has 0 atom stereocenters. The summed E-state index contributed by atoms with van der Waals surface area (Å²) in [7, 11) is 0. The van der Waals surface area contributed by atoms with Gasteiger partial charge in [-0.05, 0) is 45.0 Å². The second-order valence-corrected chi connectivity index (χ2v) is 5.14. The third kappa shape index (κ3) is 2.35. The molecule has 0 unspecified atom stereocenters. The Bertz CT molecular complexity index is 722. The third-order valence-corrected chi connectivity index (χ3v) is 3.24. The number of hydrogen-bond acceptors (Lipinski definition) is 2. The van der Waals surface area contributed by atoms with E-state index in [1.54, 1.807) is 6.20 Å². The van der Waals surface area contributed by atoms with Crippen LogP contribution in [-0.2, 0) is 0 Å². The molecule has 3 rings (SSSR count). The van der Waals surface area contributed by atoms with E-state index in [1.165, 1.54) is 11.1 Å². The molecule has 0 bridgehead atoms. The van der Waals surface area contributed by atoms with Gasteiger partial charge in [-0.15, -0.1) is 0 Å². The van der Waals surface area contributed by atoms with Crippen LogP contribution in [0, 0.1) is 20.8 Å². The monoisotopic (exact) mass is 263 g/mol. The fourth-order valence-electron chi connectivity index (χ4n) is 2.51. The van der Waals surface area contributed by atoms with E-state index in [0.29, 0.717) is 0 Å². The summed E-state index contributed by atoms with van der Waals surface area (Å²) < 4.78 is 0. The molecule has 3 nitrogen and oxygen atoms in total. The summed E-state index contributed by atoms with van der Waals surface area (Å²) in [5.41, 5.74) is 6.49. The summed E-state index contributed by atoms with van der Waals surface area (Å²) in [4.78, 5) is 12.4. The van der Waals surface area contributed by atoms with E-state index in [0.717, 1.165) is 28.5 Å². The van der Waals surface area contributed by atoms with Gasteiger partial charge in [0.05, 0.1) is 11.4 Å². The lowest BCUT2D eigenvalue weighted by Crippen LogP contribution is -1.88. The molecule has 0 aliphatic carbocycles. The van der Waals surface area contributed by atoms with E-state index in [4.69, 9.17) is 0 Å². The van der Waals surface area contributed by atoms with Gasteiger partial charge in [0.15, 0.2) is 0 Å². The summed E-state index contributed by atoms with van der Waals surface area (Å²) in [5, 5.41) is 0. The minimum Gasteiger partial charge on any atom is -0.342 e. The van der Waals surface area contributed by atoms with Crippen LogP contribution >= 0.6 is 0 Å². The van der Waals surface area contributed by atoms with Crippen molar-refractivity contribution in [2.24, 2.45) is 0 Å². The van der Waals surface area contributed by atoms with Crippen molar-refractivity contribution in [1.29, 1.82) is 0 Å². The van der Waals surface area contributed by atoms with Crippen molar-refractivity contribution in [3.05, 3.63) is 59.5 Å². The zero-order valence-corrected chi connectivity index (χ0v) is 11.9. The average molecular weight is 263 g/mol. The largest absolute Gasteiger partial charge is 0.342 e. The number of aromatic amines is 1. The highest BCUT2D eigenvalue weighted by Crippen LogP contribution is 2.29. The molecule has 3 heteroatoms. The van der Waals surface area contributed by atoms with E-state index >= 15 is 0 Å². The van der Waals surface area contributed by atoms with Gasteiger partial charge in [-0.1, -0.05) is 23.3 Å². The maximum Gasteiger partial charge on any atom is 0.115 e. The topological polar surface area (TPSA) is 41.6 Å². The van der Waals surface area contributed by atoms with Crippen molar-refractivity contribution in [1.82, 2.24) is 15.0 Å². The van der Waals surface area contributed by atoms with Gasteiger partial charge in [-0.2, -0.15) is 0 Å². The highest BCUT2D eigenvalue weighted by molar-refractivity contribution is 5.77. The van der Waals surface area contributed by atoms with Crippen LogP contribution < -0.4 is 0 Å². The lowest BCUT2D eigenvalue weighted by Gasteiger charge is -2.05. The predicted molar refractivity (Wildman–Crippen MR) is 81.5 cm³/mol. The molecule has 0 saturated heterocycles.